The fourth-order valence-corrected chi connectivity index (χ4v) is 2.83. The first-order valence-corrected chi connectivity index (χ1v) is 5.36. The molecule has 0 radical (unpaired) electrons. The standard InChI is InChI=1S/C11H11ClN2/c12-11-5-10(13-6-14-11)9-4-7-1-2-8(9)3-7/h1-2,5-9H,3-4H2/t7-,8-,9-/m0/s1. The predicted molar refractivity (Wildman–Crippen MR) is 55.1 cm³/mol. The minimum atomic E-state index is 0.557. The number of hydrogen-bond acceptors (Lipinski definition) is 2. The van der Waals surface area contributed by atoms with Crippen LogP contribution < -0.4 is 0 Å². The summed E-state index contributed by atoms with van der Waals surface area (Å²) in [5, 5.41) is 0.557. The highest BCUT2D eigenvalue weighted by Gasteiger charge is 2.37. The predicted octanol–water partition coefficient (Wildman–Crippen LogP) is 2.81. The van der Waals surface area contributed by atoms with Crippen molar-refractivity contribution in [1.29, 1.82) is 0 Å². The summed E-state index contributed by atoms with van der Waals surface area (Å²) < 4.78 is 0. The zero-order valence-electron chi connectivity index (χ0n) is 7.73. The quantitative estimate of drug-likeness (QED) is 0.522. The number of allylic oxidation sites excluding steroid dienone is 2. The van der Waals surface area contributed by atoms with E-state index in [1.807, 2.05) is 6.07 Å². The molecule has 3 rings (SSSR count). The second-order valence-corrected chi connectivity index (χ2v) is 4.54. The summed E-state index contributed by atoms with van der Waals surface area (Å²) >= 11 is 5.86. The Bertz CT molecular complexity index is 389. The highest BCUT2D eigenvalue weighted by molar-refractivity contribution is 6.29. The van der Waals surface area contributed by atoms with E-state index in [0.717, 1.165) is 11.6 Å². The maximum atomic E-state index is 5.86. The highest BCUT2D eigenvalue weighted by Crippen LogP contribution is 2.48. The Labute approximate surface area is 88.0 Å². The summed E-state index contributed by atoms with van der Waals surface area (Å²) in [5.74, 6) is 2.04. The lowest BCUT2D eigenvalue weighted by atomic mass is 9.90. The van der Waals surface area contributed by atoms with Crippen molar-refractivity contribution < 1.29 is 0 Å². The highest BCUT2D eigenvalue weighted by atomic mass is 35.5. The lowest BCUT2D eigenvalue weighted by Crippen LogP contribution is -2.07. The van der Waals surface area contributed by atoms with Crippen LogP contribution in [0.3, 0.4) is 0 Å². The van der Waals surface area contributed by atoms with Gasteiger partial charge in [-0.15, -0.1) is 0 Å². The molecule has 0 aromatic carbocycles. The average Bonchev–Trinajstić information content (AvgIpc) is 2.78. The zero-order valence-corrected chi connectivity index (χ0v) is 8.48. The third-order valence-corrected chi connectivity index (χ3v) is 3.52. The van der Waals surface area contributed by atoms with Crippen LogP contribution >= 0.6 is 11.6 Å². The van der Waals surface area contributed by atoms with Gasteiger partial charge in [0.15, 0.2) is 0 Å². The number of hydrogen-bond donors (Lipinski definition) is 0. The van der Waals surface area contributed by atoms with Crippen molar-refractivity contribution in [3.63, 3.8) is 0 Å². The lowest BCUT2D eigenvalue weighted by molar-refractivity contribution is 0.569. The monoisotopic (exact) mass is 206 g/mol. The molecule has 14 heavy (non-hydrogen) atoms. The zero-order chi connectivity index (χ0) is 9.54. The molecule has 1 heterocycles. The van der Waals surface area contributed by atoms with Crippen molar-refractivity contribution in [3.8, 4) is 0 Å². The van der Waals surface area contributed by atoms with Gasteiger partial charge < -0.3 is 0 Å². The van der Waals surface area contributed by atoms with E-state index in [0.29, 0.717) is 17.0 Å². The second-order valence-electron chi connectivity index (χ2n) is 4.15. The van der Waals surface area contributed by atoms with E-state index in [9.17, 15) is 0 Å². The van der Waals surface area contributed by atoms with Crippen molar-refractivity contribution in [2.75, 3.05) is 0 Å². The third-order valence-electron chi connectivity index (χ3n) is 3.31. The Hall–Kier alpha value is -0.890. The Kier molecular flexibility index (Phi) is 1.84. The molecule has 2 bridgehead atoms. The molecule has 0 N–H and O–H groups in total. The van der Waals surface area contributed by atoms with Crippen LogP contribution in [0.5, 0.6) is 0 Å². The van der Waals surface area contributed by atoms with E-state index >= 15 is 0 Å². The van der Waals surface area contributed by atoms with Gasteiger partial charge in [0.25, 0.3) is 0 Å². The molecule has 1 fully saturated rings. The second kappa shape index (κ2) is 3.06. The Morgan fingerprint density at radius 3 is 2.79 bits per heavy atom. The topological polar surface area (TPSA) is 25.8 Å². The van der Waals surface area contributed by atoms with Gasteiger partial charge in [-0.3, -0.25) is 0 Å². The minimum Gasteiger partial charge on any atom is -0.241 e. The Morgan fingerprint density at radius 2 is 2.14 bits per heavy atom. The molecule has 0 unspecified atom stereocenters. The SMILES string of the molecule is Clc1cc([C@H]2C[C@H]3C=C[C@H]2C3)ncn1. The number of fused-ring (bicyclic) bond motifs is 2. The smallest absolute Gasteiger partial charge is 0.132 e. The van der Waals surface area contributed by atoms with Crippen LogP contribution in [0.4, 0.5) is 0 Å². The van der Waals surface area contributed by atoms with Crippen molar-refractivity contribution in [2.24, 2.45) is 11.8 Å². The molecule has 1 aromatic rings. The first kappa shape index (κ1) is 8.42. The molecule has 1 saturated carbocycles. The molecule has 0 amide bonds. The number of nitrogens with zero attached hydrogens (tertiary/aromatic N) is 2. The van der Waals surface area contributed by atoms with E-state index in [1.54, 1.807) is 6.33 Å². The van der Waals surface area contributed by atoms with Crippen LogP contribution in [-0.4, -0.2) is 9.97 Å². The third kappa shape index (κ3) is 1.25. The van der Waals surface area contributed by atoms with Crippen molar-refractivity contribution in [1.82, 2.24) is 9.97 Å². The molecular weight excluding hydrogens is 196 g/mol. The summed E-state index contributed by atoms with van der Waals surface area (Å²) in [6, 6.07) is 1.90. The fourth-order valence-electron chi connectivity index (χ4n) is 2.67. The first-order chi connectivity index (χ1) is 6.83. The molecule has 1 aromatic heterocycles. The molecule has 72 valence electrons. The normalized spacial score (nSPS) is 33.9. The van der Waals surface area contributed by atoms with Gasteiger partial charge in [0, 0.05) is 11.6 Å². The van der Waals surface area contributed by atoms with Crippen LogP contribution in [0.1, 0.15) is 24.5 Å². The molecular formula is C11H11ClN2. The van der Waals surface area contributed by atoms with Crippen LogP contribution in [0.2, 0.25) is 5.15 Å². The summed E-state index contributed by atoms with van der Waals surface area (Å²) in [6.07, 6.45) is 8.76. The fraction of sp³-hybridized carbons (Fsp3) is 0.455. The van der Waals surface area contributed by atoms with E-state index in [-0.39, 0.29) is 0 Å². The van der Waals surface area contributed by atoms with E-state index in [1.165, 1.54) is 12.8 Å². The maximum Gasteiger partial charge on any atom is 0.132 e. The van der Waals surface area contributed by atoms with Gasteiger partial charge in [0.05, 0.1) is 0 Å². The van der Waals surface area contributed by atoms with Gasteiger partial charge in [-0.05, 0) is 30.7 Å². The molecule has 0 saturated heterocycles. The molecule has 2 aliphatic carbocycles. The summed E-state index contributed by atoms with van der Waals surface area (Å²) in [5.41, 5.74) is 1.11. The van der Waals surface area contributed by atoms with Gasteiger partial charge in [-0.1, -0.05) is 23.8 Å². The van der Waals surface area contributed by atoms with Gasteiger partial charge in [-0.25, -0.2) is 9.97 Å². The summed E-state index contributed by atoms with van der Waals surface area (Å²) in [7, 11) is 0. The van der Waals surface area contributed by atoms with Gasteiger partial charge in [0.1, 0.15) is 11.5 Å². The van der Waals surface area contributed by atoms with E-state index < -0.39 is 0 Å². The largest absolute Gasteiger partial charge is 0.241 e. The van der Waals surface area contributed by atoms with Gasteiger partial charge >= 0.3 is 0 Å². The Morgan fingerprint density at radius 1 is 1.21 bits per heavy atom. The molecule has 0 aliphatic heterocycles. The molecule has 2 nitrogen and oxygen atoms in total. The van der Waals surface area contributed by atoms with Gasteiger partial charge in [0.2, 0.25) is 0 Å². The molecule has 2 aliphatic rings. The van der Waals surface area contributed by atoms with E-state index in [4.69, 9.17) is 11.6 Å². The van der Waals surface area contributed by atoms with Crippen LogP contribution in [-0.2, 0) is 0 Å². The molecule has 0 spiro atoms. The van der Waals surface area contributed by atoms with Crippen molar-refractivity contribution >= 4 is 11.6 Å². The van der Waals surface area contributed by atoms with Crippen LogP contribution in [0.15, 0.2) is 24.5 Å². The number of aromatic nitrogens is 2. The van der Waals surface area contributed by atoms with Crippen molar-refractivity contribution in [2.45, 2.75) is 18.8 Å². The summed E-state index contributed by atoms with van der Waals surface area (Å²) in [4.78, 5) is 8.22. The van der Waals surface area contributed by atoms with Crippen molar-refractivity contribution in [3.05, 3.63) is 35.4 Å². The van der Waals surface area contributed by atoms with Crippen LogP contribution in [0, 0.1) is 11.8 Å². The van der Waals surface area contributed by atoms with E-state index in [2.05, 4.69) is 22.1 Å². The average molecular weight is 207 g/mol. The number of rotatable bonds is 1. The van der Waals surface area contributed by atoms with Gasteiger partial charge in [-0.2, -0.15) is 0 Å². The lowest BCUT2D eigenvalue weighted by Gasteiger charge is -2.16. The van der Waals surface area contributed by atoms with Crippen LogP contribution in [0.25, 0.3) is 0 Å². The maximum absolute atomic E-state index is 5.86. The summed E-state index contributed by atoms with van der Waals surface area (Å²) in [6.45, 7) is 0. The number of halogens is 1. The first-order valence-electron chi connectivity index (χ1n) is 4.98. The Balaban J connectivity index is 1.93. The molecule has 3 atom stereocenters. The molecule has 3 heteroatoms. The minimum absolute atomic E-state index is 0.557.